The molecule has 130 valence electrons. The summed E-state index contributed by atoms with van der Waals surface area (Å²) in [5, 5.41) is 2.74. The standard InChI is InChI=1S/C19H26N2O3/c1-15(2)13-19(23)24-14-18(22)20-16-7-9-17(10-8-16)21-11-5-3-4-6-12-21/h7-10,13H,3-6,11-12,14H2,1-2H3,(H,20,22). The number of nitrogens with one attached hydrogen (secondary N) is 1. The molecule has 0 aromatic heterocycles. The van der Waals surface area contributed by atoms with Crippen LogP contribution in [0.15, 0.2) is 35.9 Å². The van der Waals surface area contributed by atoms with Gasteiger partial charge in [-0.2, -0.15) is 0 Å². The van der Waals surface area contributed by atoms with E-state index in [2.05, 4.69) is 10.2 Å². The fraction of sp³-hybridized carbons (Fsp3) is 0.474. The molecular formula is C19H26N2O3. The Morgan fingerprint density at radius 1 is 1.08 bits per heavy atom. The Labute approximate surface area is 143 Å². The lowest BCUT2D eigenvalue weighted by Gasteiger charge is -2.22. The summed E-state index contributed by atoms with van der Waals surface area (Å²) >= 11 is 0. The van der Waals surface area contributed by atoms with Crippen LogP contribution in [0.4, 0.5) is 11.4 Å². The number of carbonyl (C=O) groups is 2. The topological polar surface area (TPSA) is 58.6 Å². The summed E-state index contributed by atoms with van der Waals surface area (Å²) in [5.74, 6) is -0.838. The maximum absolute atomic E-state index is 11.8. The van der Waals surface area contributed by atoms with Gasteiger partial charge in [-0.25, -0.2) is 4.79 Å². The van der Waals surface area contributed by atoms with Gasteiger partial charge in [0.2, 0.25) is 0 Å². The van der Waals surface area contributed by atoms with Gasteiger partial charge in [-0.3, -0.25) is 4.79 Å². The molecule has 0 radical (unpaired) electrons. The Kier molecular flexibility index (Phi) is 6.85. The van der Waals surface area contributed by atoms with Crippen molar-refractivity contribution in [1.82, 2.24) is 0 Å². The van der Waals surface area contributed by atoms with Gasteiger partial charge < -0.3 is 15.0 Å². The number of benzene rings is 1. The van der Waals surface area contributed by atoms with Crippen molar-refractivity contribution in [3.8, 4) is 0 Å². The van der Waals surface area contributed by atoms with E-state index >= 15 is 0 Å². The van der Waals surface area contributed by atoms with Crippen molar-refractivity contribution >= 4 is 23.3 Å². The molecule has 0 unspecified atom stereocenters. The van der Waals surface area contributed by atoms with Gasteiger partial charge in [0.05, 0.1) is 0 Å². The molecule has 1 amide bonds. The third-order valence-electron chi connectivity index (χ3n) is 3.87. The summed E-state index contributed by atoms with van der Waals surface area (Å²) in [6, 6.07) is 7.82. The van der Waals surface area contributed by atoms with Crippen molar-refractivity contribution in [2.75, 3.05) is 29.9 Å². The number of rotatable bonds is 5. The van der Waals surface area contributed by atoms with Crippen LogP contribution in [-0.2, 0) is 14.3 Å². The summed E-state index contributed by atoms with van der Waals surface area (Å²) in [5.41, 5.74) is 2.73. The van der Waals surface area contributed by atoms with Crippen molar-refractivity contribution in [2.24, 2.45) is 0 Å². The second-order valence-corrected chi connectivity index (χ2v) is 6.33. The van der Waals surface area contributed by atoms with Gasteiger partial charge in [0.25, 0.3) is 5.91 Å². The van der Waals surface area contributed by atoms with Crippen LogP contribution in [0.1, 0.15) is 39.5 Å². The predicted octanol–water partition coefficient (Wildman–Crippen LogP) is 3.51. The number of amides is 1. The van der Waals surface area contributed by atoms with Crippen molar-refractivity contribution < 1.29 is 14.3 Å². The number of anilines is 2. The third-order valence-corrected chi connectivity index (χ3v) is 3.87. The summed E-state index contributed by atoms with van der Waals surface area (Å²) in [7, 11) is 0. The van der Waals surface area contributed by atoms with Crippen LogP contribution in [0, 0.1) is 0 Å². The number of carbonyl (C=O) groups excluding carboxylic acids is 2. The Balaban J connectivity index is 1.83. The fourth-order valence-corrected chi connectivity index (χ4v) is 2.70. The molecule has 5 nitrogen and oxygen atoms in total. The average Bonchev–Trinajstić information content (AvgIpc) is 2.82. The molecule has 1 fully saturated rings. The van der Waals surface area contributed by atoms with Crippen LogP contribution >= 0.6 is 0 Å². The molecule has 0 spiro atoms. The van der Waals surface area contributed by atoms with Crippen LogP contribution in [0.2, 0.25) is 0 Å². The van der Waals surface area contributed by atoms with Crippen LogP contribution in [-0.4, -0.2) is 31.6 Å². The first-order valence-corrected chi connectivity index (χ1v) is 8.51. The SMILES string of the molecule is CC(C)=CC(=O)OCC(=O)Nc1ccc(N2CCCCCC2)cc1. The molecule has 2 rings (SSSR count). The lowest BCUT2D eigenvalue weighted by atomic mass is 10.2. The molecule has 0 aliphatic carbocycles. The zero-order valence-electron chi connectivity index (χ0n) is 14.5. The normalized spacial score (nSPS) is 14.5. The number of allylic oxidation sites excluding steroid dienone is 1. The number of hydrogen-bond donors (Lipinski definition) is 1. The zero-order valence-corrected chi connectivity index (χ0v) is 14.5. The number of hydrogen-bond acceptors (Lipinski definition) is 4. The van der Waals surface area contributed by atoms with Crippen LogP contribution < -0.4 is 10.2 Å². The van der Waals surface area contributed by atoms with Gasteiger partial charge in [-0.1, -0.05) is 18.4 Å². The molecule has 24 heavy (non-hydrogen) atoms. The van der Waals surface area contributed by atoms with E-state index in [1.165, 1.54) is 37.4 Å². The van der Waals surface area contributed by atoms with E-state index in [0.29, 0.717) is 5.69 Å². The molecule has 0 atom stereocenters. The molecule has 1 aliphatic rings. The molecule has 1 aromatic carbocycles. The molecule has 0 saturated carbocycles. The second-order valence-electron chi connectivity index (χ2n) is 6.33. The molecule has 5 heteroatoms. The first-order chi connectivity index (χ1) is 11.5. The van der Waals surface area contributed by atoms with E-state index < -0.39 is 5.97 Å². The highest BCUT2D eigenvalue weighted by Crippen LogP contribution is 2.21. The first-order valence-electron chi connectivity index (χ1n) is 8.51. The van der Waals surface area contributed by atoms with Gasteiger partial charge in [-0.15, -0.1) is 0 Å². The monoisotopic (exact) mass is 330 g/mol. The van der Waals surface area contributed by atoms with E-state index in [-0.39, 0.29) is 12.5 Å². The molecule has 1 heterocycles. The minimum atomic E-state index is -0.498. The average molecular weight is 330 g/mol. The number of nitrogens with zero attached hydrogens (tertiary/aromatic N) is 1. The Morgan fingerprint density at radius 2 is 1.71 bits per heavy atom. The minimum absolute atomic E-state index is 0.281. The summed E-state index contributed by atoms with van der Waals surface area (Å²) in [6.45, 7) is 5.49. The Hall–Kier alpha value is -2.30. The zero-order chi connectivity index (χ0) is 17.4. The largest absolute Gasteiger partial charge is 0.452 e. The Morgan fingerprint density at radius 3 is 2.29 bits per heavy atom. The predicted molar refractivity (Wildman–Crippen MR) is 96.1 cm³/mol. The molecule has 0 bridgehead atoms. The maximum atomic E-state index is 11.8. The van der Waals surface area contributed by atoms with Crippen LogP contribution in [0.3, 0.4) is 0 Å². The van der Waals surface area contributed by atoms with Crippen molar-refractivity contribution in [3.63, 3.8) is 0 Å². The highest BCUT2D eigenvalue weighted by Gasteiger charge is 2.10. The highest BCUT2D eigenvalue weighted by molar-refractivity contribution is 5.94. The molecule has 1 saturated heterocycles. The van der Waals surface area contributed by atoms with Gasteiger partial charge in [-0.05, 0) is 51.0 Å². The second kappa shape index (κ2) is 9.11. The maximum Gasteiger partial charge on any atom is 0.331 e. The summed E-state index contributed by atoms with van der Waals surface area (Å²) in [6.07, 6.45) is 6.43. The highest BCUT2D eigenvalue weighted by atomic mass is 16.5. The van der Waals surface area contributed by atoms with Gasteiger partial charge in [0, 0.05) is 30.5 Å². The van der Waals surface area contributed by atoms with Crippen molar-refractivity contribution in [2.45, 2.75) is 39.5 Å². The number of ether oxygens (including phenoxy) is 1. The molecule has 1 aromatic rings. The van der Waals surface area contributed by atoms with Gasteiger partial charge in [0.15, 0.2) is 6.61 Å². The van der Waals surface area contributed by atoms with E-state index in [9.17, 15) is 9.59 Å². The summed E-state index contributed by atoms with van der Waals surface area (Å²) in [4.78, 5) is 25.6. The number of esters is 1. The molecule has 1 aliphatic heterocycles. The van der Waals surface area contributed by atoms with Gasteiger partial charge in [0.1, 0.15) is 0 Å². The molecular weight excluding hydrogens is 304 g/mol. The van der Waals surface area contributed by atoms with E-state index in [0.717, 1.165) is 18.7 Å². The van der Waals surface area contributed by atoms with Crippen molar-refractivity contribution in [1.29, 1.82) is 0 Å². The summed E-state index contributed by atoms with van der Waals surface area (Å²) < 4.78 is 4.88. The van der Waals surface area contributed by atoms with Crippen LogP contribution in [0.25, 0.3) is 0 Å². The van der Waals surface area contributed by atoms with E-state index in [1.54, 1.807) is 13.8 Å². The lowest BCUT2D eigenvalue weighted by molar-refractivity contribution is -0.142. The quantitative estimate of drug-likeness (QED) is 0.663. The third kappa shape index (κ3) is 6.07. The van der Waals surface area contributed by atoms with Crippen LogP contribution in [0.5, 0.6) is 0 Å². The molecule has 1 N–H and O–H groups in total. The van der Waals surface area contributed by atoms with Crippen molar-refractivity contribution in [3.05, 3.63) is 35.9 Å². The first kappa shape index (κ1) is 18.0. The van der Waals surface area contributed by atoms with E-state index in [1.807, 2.05) is 24.3 Å². The fourth-order valence-electron chi connectivity index (χ4n) is 2.70. The minimum Gasteiger partial charge on any atom is -0.452 e. The van der Waals surface area contributed by atoms with Gasteiger partial charge >= 0.3 is 5.97 Å². The lowest BCUT2D eigenvalue weighted by Crippen LogP contribution is -2.24. The smallest absolute Gasteiger partial charge is 0.331 e. The van der Waals surface area contributed by atoms with E-state index in [4.69, 9.17) is 4.74 Å². The Bertz CT molecular complexity index is 581.